The van der Waals surface area contributed by atoms with Gasteiger partial charge in [-0.15, -0.1) is 0 Å². The van der Waals surface area contributed by atoms with Crippen LogP contribution in [0.5, 0.6) is 0 Å². The van der Waals surface area contributed by atoms with E-state index in [4.69, 9.17) is 5.73 Å². The summed E-state index contributed by atoms with van der Waals surface area (Å²) in [6.07, 6.45) is 3.94. The Balaban J connectivity index is 2.71. The summed E-state index contributed by atoms with van der Waals surface area (Å²) in [5.41, 5.74) is 6.49. The molecule has 0 aromatic carbocycles. The summed E-state index contributed by atoms with van der Waals surface area (Å²) in [6.45, 7) is 2.65. The van der Waals surface area contributed by atoms with Gasteiger partial charge in [0.25, 0.3) is 5.91 Å². The third-order valence-corrected chi connectivity index (χ3v) is 1.63. The van der Waals surface area contributed by atoms with Crippen molar-refractivity contribution in [2.24, 2.45) is 0 Å². The van der Waals surface area contributed by atoms with Crippen molar-refractivity contribution >= 4 is 11.6 Å². The maximum atomic E-state index is 11.4. The minimum absolute atomic E-state index is 0.160. The lowest BCUT2D eigenvalue weighted by molar-refractivity contribution is 0.0954. The molecule has 0 bridgehead atoms. The first-order chi connectivity index (χ1) is 6.25. The van der Waals surface area contributed by atoms with Crippen molar-refractivity contribution in [3.8, 4) is 0 Å². The Morgan fingerprint density at radius 1 is 1.69 bits per heavy atom. The molecule has 1 aromatic rings. The van der Waals surface area contributed by atoms with Gasteiger partial charge in [0.1, 0.15) is 0 Å². The molecular weight excluding hydrogens is 166 g/mol. The lowest BCUT2D eigenvalue weighted by Crippen LogP contribution is -2.24. The van der Waals surface area contributed by atoms with Crippen molar-refractivity contribution in [1.29, 1.82) is 0 Å². The minimum atomic E-state index is -0.160. The third kappa shape index (κ3) is 2.43. The summed E-state index contributed by atoms with van der Waals surface area (Å²) < 4.78 is 0. The molecule has 0 saturated carbocycles. The Morgan fingerprint density at radius 3 is 3.08 bits per heavy atom. The summed E-state index contributed by atoms with van der Waals surface area (Å²) in [5, 5.41) is 2.73. The number of amides is 1. The van der Waals surface area contributed by atoms with Gasteiger partial charge in [0, 0.05) is 24.6 Å². The number of carbonyl (C=O) groups is 1. The number of nitrogen functional groups attached to an aromatic ring is 1. The van der Waals surface area contributed by atoms with E-state index in [-0.39, 0.29) is 5.91 Å². The molecule has 1 aromatic heterocycles. The Kier molecular flexibility index (Phi) is 3.25. The number of hydrogen-bond donors (Lipinski definition) is 2. The molecule has 0 aliphatic heterocycles. The van der Waals surface area contributed by atoms with Gasteiger partial charge in [0.2, 0.25) is 0 Å². The number of pyridine rings is 1. The van der Waals surface area contributed by atoms with Crippen molar-refractivity contribution in [1.82, 2.24) is 10.3 Å². The predicted molar refractivity (Wildman–Crippen MR) is 51.3 cm³/mol. The van der Waals surface area contributed by atoms with Gasteiger partial charge in [-0.3, -0.25) is 9.78 Å². The van der Waals surface area contributed by atoms with Crippen LogP contribution < -0.4 is 11.1 Å². The molecule has 0 aliphatic rings. The zero-order valence-corrected chi connectivity index (χ0v) is 7.58. The molecule has 0 spiro atoms. The largest absolute Gasteiger partial charge is 0.398 e. The highest BCUT2D eigenvalue weighted by atomic mass is 16.1. The second kappa shape index (κ2) is 4.45. The van der Waals surface area contributed by atoms with E-state index >= 15 is 0 Å². The van der Waals surface area contributed by atoms with Gasteiger partial charge < -0.3 is 11.1 Å². The number of nitrogens with one attached hydrogen (secondary N) is 1. The van der Waals surface area contributed by atoms with Gasteiger partial charge in [-0.1, -0.05) is 6.92 Å². The van der Waals surface area contributed by atoms with Crippen LogP contribution in [0.1, 0.15) is 23.7 Å². The molecule has 4 nitrogen and oxygen atoms in total. The third-order valence-electron chi connectivity index (χ3n) is 1.63. The first kappa shape index (κ1) is 9.51. The number of aromatic nitrogens is 1. The van der Waals surface area contributed by atoms with Crippen LogP contribution in [0.2, 0.25) is 0 Å². The first-order valence-electron chi connectivity index (χ1n) is 4.23. The lowest BCUT2D eigenvalue weighted by atomic mass is 10.2. The average molecular weight is 179 g/mol. The first-order valence-corrected chi connectivity index (χ1v) is 4.23. The van der Waals surface area contributed by atoms with Gasteiger partial charge in [0.05, 0.1) is 5.56 Å². The van der Waals surface area contributed by atoms with E-state index in [0.717, 1.165) is 6.42 Å². The van der Waals surface area contributed by atoms with Crippen molar-refractivity contribution < 1.29 is 4.79 Å². The van der Waals surface area contributed by atoms with Gasteiger partial charge in [-0.2, -0.15) is 0 Å². The molecule has 13 heavy (non-hydrogen) atoms. The van der Waals surface area contributed by atoms with Crippen molar-refractivity contribution in [3.63, 3.8) is 0 Å². The number of carbonyl (C=O) groups excluding carboxylic acids is 1. The SMILES string of the molecule is CCCNC(=O)c1cnccc1N. The molecule has 1 amide bonds. The van der Waals surface area contributed by atoms with Gasteiger partial charge in [-0.05, 0) is 12.5 Å². The van der Waals surface area contributed by atoms with E-state index in [1.807, 2.05) is 6.92 Å². The van der Waals surface area contributed by atoms with Crippen LogP contribution in [0.25, 0.3) is 0 Å². The van der Waals surface area contributed by atoms with E-state index in [0.29, 0.717) is 17.8 Å². The van der Waals surface area contributed by atoms with Crippen LogP contribution >= 0.6 is 0 Å². The second-order valence-corrected chi connectivity index (χ2v) is 2.72. The van der Waals surface area contributed by atoms with Crippen LogP contribution in [-0.2, 0) is 0 Å². The zero-order chi connectivity index (χ0) is 9.68. The average Bonchev–Trinajstić information content (AvgIpc) is 2.15. The molecule has 0 saturated heterocycles. The van der Waals surface area contributed by atoms with Crippen molar-refractivity contribution in [2.45, 2.75) is 13.3 Å². The Morgan fingerprint density at radius 2 is 2.46 bits per heavy atom. The lowest BCUT2D eigenvalue weighted by Gasteiger charge is -2.04. The zero-order valence-electron chi connectivity index (χ0n) is 7.58. The normalized spacial score (nSPS) is 9.62. The number of hydrogen-bond acceptors (Lipinski definition) is 3. The van der Waals surface area contributed by atoms with Crippen molar-refractivity contribution in [2.75, 3.05) is 12.3 Å². The maximum absolute atomic E-state index is 11.4. The fourth-order valence-electron chi connectivity index (χ4n) is 0.929. The standard InChI is InChI=1S/C9H13N3O/c1-2-4-12-9(13)7-6-11-5-3-8(7)10/h3,5-6H,2,4H2,1H3,(H2,10,11)(H,12,13). The van der Waals surface area contributed by atoms with Gasteiger partial charge in [0.15, 0.2) is 0 Å². The second-order valence-electron chi connectivity index (χ2n) is 2.72. The summed E-state index contributed by atoms with van der Waals surface area (Å²) in [6, 6.07) is 1.61. The maximum Gasteiger partial charge on any atom is 0.254 e. The Hall–Kier alpha value is -1.58. The molecule has 0 atom stereocenters. The summed E-state index contributed by atoms with van der Waals surface area (Å²) >= 11 is 0. The number of rotatable bonds is 3. The van der Waals surface area contributed by atoms with E-state index in [9.17, 15) is 4.79 Å². The fraction of sp³-hybridized carbons (Fsp3) is 0.333. The van der Waals surface area contributed by atoms with E-state index in [2.05, 4.69) is 10.3 Å². The molecule has 0 fully saturated rings. The number of nitrogens with zero attached hydrogens (tertiary/aromatic N) is 1. The van der Waals surface area contributed by atoms with Crippen LogP contribution in [-0.4, -0.2) is 17.4 Å². The van der Waals surface area contributed by atoms with Gasteiger partial charge >= 0.3 is 0 Å². The van der Waals surface area contributed by atoms with E-state index in [1.165, 1.54) is 6.20 Å². The molecule has 3 N–H and O–H groups in total. The van der Waals surface area contributed by atoms with E-state index < -0.39 is 0 Å². The van der Waals surface area contributed by atoms with Crippen LogP contribution in [0.4, 0.5) is 5.69 Å². The smallest absolute Gasteiger partial charge is 0.254 e. The molecule has 1 heterocycles. The summed E-state index contributed by atoms with van der Waals surface area (Å²) in [4.78, 5) is 15.2. The minimum Gasteiger partial charge on any atom is -0.398 e. The topological polar surface area (TPSA) is 68.0 Å². The summed E-state index contributed by atoms with van der Waals surface area (Å²) in [7, 11) is 0. The van der Waals surface area contributed by atoms with Crippen LogP contribution in [0.3, 0.4) is 0 Å². The highest BCUT2D eigenvalue weighted by molar-refractivity contribution is 5.98. The van der Waals surface area contributed by atoms with Crippen LogP contribution in [0, 0.1) is 0 Å². The van der Waals surface area contributed by atoms with Crippen LogP contribution in [0.15, 0.2) is 18.5 Å². The molecule has 1 rings (SSSR count). The summed E-state index contributed by atoms with van der Waals surface area (Å²) in [5.74, 6) is -0.160. The molecule has 0 aliphatic carbocycles. The monoisotopic (exact) mass is 179 g/mol. The fourth-order valence-corrected chi connectivity index (χ4v) is 0.929. The molecule has 0 unspecified atom stereocenters. The number of nitrogens with two attached hydrogens (primary N) is 1. The molecule has 70 valence electrons. The predicted octanol–water partition coefficient (Wildman–Crippen LogP) is 0.804. The Labute approximate surface area is 77.2 Å². The Bertz CT molecular complexity index is 299. The molecule has 0 radical (unpaired) electrons. The highest BCUT2D eigenvalue weighted by Crippen LogP contribution is 2.07. The van der Waals surface area contributed by atoms with Gasteiger partial charge in [-0.25, -0.2) is 0 Å². The van der Waals surface area contributed by atoms with E-state index in [1.54, 1.807) is 12.3 Å². The highest BCUT2D eigenvalue weighted by Gasteiger charge is 2.07. The molecular formula is C9H13N3O. The van der Waals surface area contributed by atoms with Crippen molar-refractivity contribution in [3.05, 3.63) is 24.0 Å². The quantitative estimate of drug-likeness (QED) is 0.721. The molecule has 4 heteroatoms. The number of anilines is 1.